The number of carbonyl (C=O) groups is 2. The zero-order valence-electron chi connectivity index (χ0n) is 23.7. The van der Waals surface area contributed by atoms with Gasteiger partial charge in [0.2, 0.25) is 5.78 Å². The van der Waals surface area contributed by atoms with E-state index in [0.29, 0.717) is 28.9 Å². The van der Waals surface area contributed by atoms with Gasteiger partial charge in [-0.1, -0.05) is 57.3 Å². The van der Waals surface area contributed by atoms with Crippen molar-refractivity contribution in [3.05, 3.63) is 51.9 Å². The van der Waals surface area contributed by atoms with Gasteiger partial charge in [-0.3, -0.25) is 23.4 Å². The van der Waals surface area contributed by atoms with Crippen LogP contribution in [-0.4, -0.2) is 51.1 Å². The van der Waals surface area contributed by atoms with Crippen molar-refractivity contribution >= 4 is 34.9 Å². The number of fused-ring (bicyclic) bond motifs is 1. The Morgan fingerprint density at radius 2 is 1.88 bits per heavy atom. The summed E-state index contributed by atoms with van der Waals surface area (Å²) in [5, 5.41) is 0.602. The fourth-order valence-corrected chi connectivity index (χ4v) is 5.54. The lowest BCUT2D eigenvalue weighted by atomic mass is 9.82. The van der Waals surface area contributed by atoms with Gasteiger partial charge in [-0.25, -0.2) is 9.37 Å². The number of hydrogen-bond acceptors (Lipinski definition) is 6. The number of hydrogen-bond donors (Lipinski definition) is 0. The Hall–Kier alpha value is -3.20. The molecule has 0 amide bonds. The van der Waals surface area contributed by atoms with Gasteiger partial charge in [0.05, 0.1) is 31.3 Å². The second-order valence-corrected chi connectivity index (χ2v) is 11.7. The van der Waals surface area contributed by atoms with Crippen molar-refractivity contribution in [3.8, 4) is 11.3 Å². The quantitative estimate of drug-likeness (QED) is 0.199. The molecule has 3 aromatic rings. The maximum Gasteiger partial charge on any atom is 0.306 e. The fraction of sp³-hybridized carbons (Fsp3) is 0.533. The zero-order valence-corrected chi connectivity index (χ0v) is 24.4. The highest BCUT2D eigenvalue weighted by molar-refractivity contribution is 6.30. The Bertz CT molecular complexity index is 1420. The summed E-state index contributed by atoms with van der Waals surface area (Å²) in [5.41, 5.74) is 0.481. The van der Waals surface area contributed by atoms with Crippen LogP contribution in [0.25, 0.3) is 17.0 Å². The van der Waals surface area contributed by atoms with E-state index in [1.54, 1.807) is 30.2 Å². The molecule has 0 spiro atoms. The smallest absolute Gasteiger partial charge is 0.306 e. The van der Waals surface area contributed by atoms with Crippen LogP contribution in [0.1, 0.15) is 66.2 Å². The van der Waals surface area contributed by atoms with E-state index < -0.39 is 17.6 Å². The Morgan fingerprint density at radius 3 is 2.55 bits per heavy atom. The molecule has 0 bridgehead atoms. The third kappa shape index (κ3) is 6.74. The minimum absolute atomic E-state index is 0.00283. The molecular formula is C30H38ClFN4O4. The molecule has 0 radical (unpaired) electrons. The summed E-state index contributed by atoms with van der Waals surface area (Å²) in [7, 11) is 0. The Labute approximate surface area is 239 Å². The Balaban J connectivity index is 1.73. The third-order valence-corrected chi connectivity index (χ3v) is 7.57. The molecule has 40 heavy (non-hydrogen) atoms. The molecule has 0 N–H and O–H groups in total. The standard InChI is InChI=1S/C30H38ClFN4O4/c1-5-7-8-13-34-26(15-27(38)36-19-23(33-29(34)36)20-9-11-21(31)12-10-20)35-18-22(32)14-24(35)25(37)16-30(3,4)17-28(39)40-6-2/h9-12,15,19,22,24H,5-8,13-14,16-18H2,1-4H3/t22-,24-/m0/s1. The molecule has 3 heterocycles. The van der Waals surface area contributed by atoms with E-state index >= 15 is 0 Å². The molecule has 0 saturated carbocycles. The van der Waals surface area contributed by atoms with E-state index in [4.69, 9.17) is 21.3 Å². The molecule has 1 aliphatic rings. The van der Waals surface area contributed by atoms with Crippen molar-refractivity contribution in [1.29, 1.82) is 0 Å². The second-order valence-electron chi connectivity index (χ2n) is 11.3. The monoisotopic (exact) mass is 572 g/mol. The van der Waals surface area contributed by atoms with Gasteiger partial charge in [0.25, 0.3) is 5.56 Å². The molecular weight excluding hydrogens is 535 g/mol. The van der Waals surface area contributed by atoms with Crippen molar-refractivity contribution in [3.63, 3.8) is 0 Å². The van der Waals surface area contributed by atoms with E-state index in [1.807, 2.05) is 30.5 Å². The lowest BCUT2D eigenvalue weighted by Gasteiger charge is -2.31. The van der Waals surface area contributed by atoms with Gasteiger partial charge in [0.1, 0.15) is 12.0 Å². The first kappa shape index (κ1) is 29.8. The van der Waals surface area contributed by atoms with E-state index in [9.17, 15) is 18.8 Å². The van der Waals surface area contributed by atoms with Gasteiger partial charge < -0.3 is 9.64 Å². The maximum absolute atomic E-state index is 14.9. The summed E-state index contributed by atoms with van der Waals surface area (Å²) in [6.45, 7) is 8.36. The molecule has 4 rings (SSSR count). The number of ketones is 1. The lowest BCUT2D eigenvalue weighted by Crippen LogP contribution is -2.41. The molecule has 2 atom stereocenters. The van der Waals surface area contributed by atoms with E-state index in [0.717, 1.165) is 24.8 Å². The predicted molar refractivity (Wildman–Crippen MR) is 155 cm³/mol. The summed E-state index contributed by atoms with van der Waals surface area (Å²) in [6, 6.07) is 7.96. The van der Waals surface area contributed by atoms with E-state index in [2.05, 4.69) is 6.92 Å². The summed E-state index contributed by atoms with van der Waals surface area (Å²) in [6.07, 6.45) is 3.50. The van der Waals surface area contributed by atoms with Gasteiger partial charge in [-0.2, -0.15) is 0 Å². The molecule has 2 aromatic heterocycles. The Morgan fingerprint density at radius 1 is 1.15 bits per heavy atom. The van der Waals surface area contributed by atoms with E-state index in [1.165, 1.54) is 10.5 Å². The van der Waals surface area contributed by atoms with Crippen LogP contribution in [0.5, 0.6) is 0 Å². The molecule has 0 aliphatic carbocycles. The van der Waals surface area contributed by atoms with Gasteiger partial charge in [-0.15, -0.1) is 0 Å². The van der Waals surface area contributed by atoms with Crippen LogP contribution in [0.3, 0.4) is 0 Å². The Kier molecular flexibility index (Phi) is 9.33. The van der Waals surface area contributed by atoms with Crippen molar-refractivity contribution < 1.29 is 18.7 Å². The van der Waals surface area contributed by atoms with Crippen LogP contribution in [0, 0.1) is 5.41 Å². The van der Waals surface area contributed by atoms with Gasteiger partial charge in [-0.05, 0) is 30.9 Å². The number of imidazole rings is 1. The summed E-state index contributed by atoms with van der Waals surface area (Å²) in [4.78, 5) is 45.5. The van der Waals surface area contributed by atoms with Crippen LogP contribution in [-0.2, 0) is 20.9 Å². The lowest BCUT2D eigenvalue weighted by molar-refractivity contribution is -0.145. The van der Waals surface area contributed by atoms with Crippen LogP contribution < -0.4 is 10.5 Å². The summed E-state index contributed by atoms with van der Waals surface area (Å²) < 4.78 is 23.4. The highest BCUT2D eigenvalue weighted by Crippen LogP contribution is 2.34. The normalized spacial score (nSPS) is 17.5. The van der Waals surface area contributed by atoms with Crippen molar-refractivity contribution in [1.82, 2.24) is 14.0 Å². The van der Waals surface area contributed by atoms with Crippen molar-refractivity contribution in [2.45, 2.75) is 85.0 Å². The number of esters is 1. The number of anilines is 1. The van der Waals surface area contributed by atoms with Gasteiger partial charge in [0, 0.05) is 42.2 Å². The SMILES string of the molecule is CCCCCn1c(N2C[C@@H](F)C[C@H]2C(=O)CC(C)(C)CC(=O)OCC)cc(=O)n2cc(-c3ccc(Cl)cc3)nc12. The highest BCUT2D eigenvalue weighted by atomic mass is 35.5. The number of rotatable bonds is 12. The molecule has 1 aliphatic heterocycles. The molecule has 1 saturated heterocycles. The molecule has 1 fully saturated rings. The van der Waals surface area contributed by atoms with Gasteiger partial charge in [0.15, 0.2) is 5.78 Å². The predicted octanol–water partition coefficient (Wildman–Crippen LogP) is 5.86. The molecule has 216 valence electrons. The minimum Gasteiger partial charge on any atom is -0.466 e. The number of nitrogens with zero attached hydrogens (tertiary/aromatic N) is 4. The number of halogens is 2. The van der Waals surface area contributed by atoms with Crippen LogP contribution in [0.2, 0.25) is 5.02 Å². The number of unbranched alkanes of at least 4 members (excludes halogenated alkanes) is 2. The number of carbonyl (C=O) groups excluding carboxylic acids is 2. The summed E-state index contributed by atoms with van der Waals surface area (Å²) >= 11 is 6.06. The first-order valence-electron chi connectivity index (χ1n) is 14.0. The average molecular weight is 573 g/mol. The number of ether oxygens (including phenoxy) is 1. The fourth-order valence-electron chi connectivity index (χ4n) is 5.41. The number of aryl methyl sites for hydroxylation is 1. The minimum atomic E-state index is -1.22. The number of aromatic nitrogens is 3. The topological polar surface area (TPSA) is 85.9 Å². The van der Waals surface area contributed by atoms with Crippen molar-refractivity contribution in [2.24, 2.45) is 5.41 Å². The number of benzene rings is 1. The molecule has 10 heteroatoms. The van der Waals surface area contributed by atoms with Crippen LogP contribution >= 0.6 is 11.6 Å². The first-order chi connectivity index (χ1) is 19.0. The molecule has 0 unspecified atom stereocenters. The first-order valence-corrected chi connectivity index (χ1v) is 14.4. The van der Waals surface area contributed by atoms with Crippen LogP contribution in [0.4, 0.5) is 10.2 Å². The molecule has 8 nitrogen and oxygen atoms in total. The maximum atomic E-state index is 14.9. The number of Topliss-reactive ketones (excluding diaryl/α,β-unsaturated/α-hetero) is 1. The number of alkyl halides is 1. The van der Waals surface area contributed by atoms with E-state index in [-0.39, 0.29) is 49.7 Å². The summed E-state index contributed by atoms with van der Waals surface area (Å²) in [5.74, 6) is 0.410. The molecule has 1 aromatic carbocycles. The van der Waals surface area contributed by atoms with Gasteiger partial charge >= 0.3 is 5.97 Å². The van der Waals surface area contributed by atoms with Crippen molar-refractivity contribution in [2.75, 3.05) is 18.1 Å². The second kappa shape index (κ2) is 12.5. The average Bonchev–Trinajstić information content (AvgIpc) is 3.50. The highest BCUT2D eigenvalue weighted by Gasteiger charge is 2.40. The largest absolute Gasteiger partial charge is 0.466 e. The van der Waals surface area contributed by atoms with Crippen LogP contribution in [0.15, 0.2) is 41.3 Å². The zero-order chi connectivity index (χ0) is 29.0. The third-order valence-electron chi connectivity index (χ3n) is 7.32.